The molecule has 1 heterocycles. The lowest BCUT2D eigenvalue weighted by molar-refractivity contribution is -0.149. The summed E-state index contributed by atoms with van der Waals surface area (Å²) in [5, 5.41) is 3.13. The smallest absolute Gasteiger partial charge is 0.310 e. The van der Waals surface area contributed by atoms with Crippen LogP contribution in [-0.4, -0.2) is 38.9 Å². The second-order valence-electron chi connectivity index (χ2n) is 3.47. The van der Waals surface area contributed by atoms with Crippen LogP contribution in [0.15, 0.2) is 0 Å². The van der Waals surface area contributed by atoms with Gasteiger partial charge in [-0.25, -0.2) is 0 Å². The molecule has 1 aliphatic rings. The van der Waals surface area contributed by atoms with E-state index in [4.69, 9.17) is 9.47 Å². The van der Waals surface area contributed by atoms with Crippen molar-refractivity contribution in [2.75, 3.05) is 32.9 Å². The van der Waals surface area contributed by atoms with E-state index in [0.29, 0.717) is 13.2 Å². The molecule has 0 radical (unpaired) electrons. The van der Waals surface area contributed by atoms with Crippen molar-refractivity contribution in [3.05, 3.63) is 0 Å². The molecule has 0 saturated carbocycles. The third-order valence-corrected chi connectivity index (χ3v) is 2.21. The quantitative estimate of drug-likeness (QED) is 0.504. The maximum Gasteiger partial charge on any atom is 0.310 e. The molecule has 4 heteroatoms. The standard InChI is InChI=1S/C10H19NO3/c1-2-5-13-6-7-14-10(12)9-3-4-11-8-9/h9,11H,2-8H2,1H3. The lowest BCUT2D eigenvalue weighted by Gasteiger charge is -2.08. The highest BCUT2D eigenvalue weighted by molar-refractivity contribution is 5.73. The van der Waals surface area contributed by atoms with Gasteiger partial charge in [0.2, 0.25) is 0 Å². The van der Waals surface area contributed by atoms with E-state index < -0.39 is 0 Å². The van der Waals surface area contributed by atoms with Crippen molar-refractivity contribution in [2.24, 2.45) is 5.92 Å². The molecule has 0 aliphatic carbocycles. The van der Waals surface area contributed by atoms with Crippen LogP contribution in [0.4, 0.5) is 0 Å². The molecule has 1 saturated heterocycles. The molecule has 0 aromatic heterocycles. The Hall–Kier alpha value is -0.610. The highest BCUT2D eigenvalue weighted by Gasteiger charge is 2.23. The van der Waals surface area contributed by atoms with Crippen LogP contribution in [0, 0.1) is 5.92 Å². The molecule has 1 atom stereocenters. The van der Waals surface area contributed by atoms with Gasteiger partial charge in [0.1, 0.15) is 6.61 Å². The summed E-state index contributed by atoms with van der Waals surface area (Å²) in [5.41, 5.74) is 0. The summed E-state index contributed by atoms with van der Waals surface area (Å²) in [6.45, 7) is 5.37. The van der Waals surface area contributed by atoms with Crippen LogP contribution < -0.4 is 5.32 Å². The Balaban J connectivity index is 1.97. The van der Waals surface area contributed by atoms with E-state index in [1.165, 1.54) is 0 Å². The molecule has 1 fully saturated rings. The fourth-order valence-electron chi connectivity index (χ4n) is 1.42. The molecule has 1 N–H and O–H groups in total. The summed E-state index contributed by atoms with van der Waals surface area (Å²) in [4.78, 5) is 11.4. The third kappa shape index (κ3) is 4.07. The van der Waals surface area contributed by atoms with Crippen molar-refractivity contribution >= 4 is 5.97 Å². The minimum Gasteiger partial charge on any atom is -0.463 e. The molecule has 82 valence electrons. The maximum absolute atomic E-state index is 11.4. The van der Waals surface area contributed by atoms with Crippen molar-refractivity contribution in [3.8, 4) is 0 Å². The number of esters is 1. The van der Waals surface area contributed by atoms with Crippen LogP contribution in [0.2, 0.25) is 0 Å². The SMILES string of the molecule is CCCOCCOC(=O)C1CCNC1. The van der Waals surface area contributed by atoms with Gasteiger partial charge < -0.3 is 14.8 Å². The van der Waals surface area contributed by atoms with Gasteiger partial charge in [-0.05, 0) is 19.4 Å². The predicted octanol–water partition coefficient (Wildman–Crippen LogP) is 0.566. The fourth-order valence-corrected chi connectivity index (χ4v) is 1.42. The van der Waals surface area contributed by atoms with Gasteiger partial charge >= 0.3 is 5.97 Å². The highest BCUT2D eigenvalue weighted by atomic mass is 16.6. The van der Waals surface area contributed by atoms with Gasteiger partial charge in [-0.2, -0.15) is 0 Å². The molecule has 1 rings (SSSR count). The second kappa shape index (κ2) is 6.79. The summed E-state index contributed by atoms with van der Waals surface area (Å²) in [7, 11) is 0. The summed E-state index contributed by atoms with van der Waals surface area (Å²) >= 11 is 0. The number of carbonyl (C=O) groups excluding carboxylic acids is 1. The monoisotopic (exact) mass is 201 g/mol. The van der Waals surface area contributed by atoms with Crippen LogP contribution in [0.1, 0.15) is 19.8 Å². The van der Waals surface area contributed by atoms with Gasteiger partial charge in [-0.1, -0.05) is 6.92 Å². The van der Waals surface area contributed by atoms with Crippen molar-refractivity contribution in [1.29, 1.82) is 0 Å². The number of rotatable bonds is 6. The van der Waals surface area contributed by atoms with E-state index in [0.717, 1.165) is 32.5 Å². The van der Waals surface area contributed by atoms with Crippen molar-refractivity contribution in [1.82, 2.24) is 5.32 Å². The molecule has 4 nitrogen and oxygen atoms in total. The van der Waals surface area contributed by atoms with Crippen LogP contribution in [0.25, 0.3) is 0 Å². The Morgan fingerprint density at radius 3 is 2.93 bits per heavy atom. The Morgan fingerprint density at radius 1 is 1.43 bits per heavy atom. The first-order valence-corrected chi connectivity index (χ1v) is 5.29. The first-order valence-electron chi connectivity index (χ1n) is 5.29. The lowest BCUT2D eigenvalue weighted by atomic mass is 10.1. The van der Waals surface area contributed by atoms with Crippen molar-refractivity contribution in [2.45, 2.75) is 19.8 Å². The summed E-state index contributed by atoms with van der Waals surface area (Å²) in [6, 6.07) is 0. The van der Waals surface area contributed by atoms with Crippen LogP contribution >= 0.6 is 0 Å². The minimum absolute atomic E-state index is 0.0566. The van der Waals surface area contributed by atoms with Gasteiger partial charge in [0.05, 0.1) is 12.5 Å². The molecular weight excluding hydrogens is 182 g/mol. The van der Waals surface area contributed by atoms with E-state index in [1.54, 1.807) is 0 Å². The van der Waals surface area contributed by atoms with E-state index in [2.05, 4.69) is 12.2 Å². The Morgan fingerprint density at radius 2 is 2.29 bits per heavy atom. The Kier molecular flexibility index (Phi) is 5.56. The normalized spacial score (nSPS) is 21.1. The molecule has 0 aromatic rings. The average molecular weight is 201 g/mol. The third-order valence-electron chi connectivity index (χ3n) is 2.21. The fraction of sp³-hybridized carbons (Fsp3) is 0.900. The summed E-state index contributed by atoms with van der Waals surface area (Å²) < 4.78 is 10.3. The average Bonchev–Trinajstić information content (AvgIpc) is 2.70. The number of nitrogens with one attached hydrogen (secondary N) is 1. The Bertz CT molecular complexity index is 167. The predicted molar refractivity (Wildman–Crippen MR) is 53.0 cm³/mol. The molecule has 0 amide bonds. The van der Waals surface area contributed by atoms with Gasteiger partial charge in [0.25, 0.3) is 0 Å². The minimum atomic E-state index is -0.0879. The van der Waals surface area contributed by atoms with Gasteiger partial charge in [0.15, 0.2) is 0 Å². The lowest BCUT2D eigenvalue weighted by Crippen LogP contribution is -2.22. The van der Waals surface area contributed by atoms with Gasteiger partial charge in [-0.3, -0.25) is 4.79 Å². The number of hydrogen-bond donors (Lipinski definition) is 1. The zero-order chi connectivity index (χ0) is 10.2. The molecule has 0 spiro atoms. The molecule has 14 heavy (non-hydrogen) atoms. The van der Waals surface area contributed by atoms with E-state index in [9.17, 15) is 4.79 Å². The van der Waals surface area contributed by atoms with Crippen molar-refractivity contribution in [3.63, 3.8) is 0 Å². The molecule has 1 unspecified atom stereocenters. The van der Waals surface area contributed by atoms with Gasteiger partial charge in [0, 0.05) is 13.2 Å². The maximum atomic E-state index is 11.4. The van der Waals surface area contributed by atoms with E-state index >= 15 is 0 Å². The van der Waals surface area contributed by atoms with Gasteiger partial charge in [-0.15, -0.1) is 0 Å². The molecule has 1 aliphatic heterocycles. The summed E-state index contributed by atoms with van der Waals surface area (Å²) in [5.74, 6) is -0.0312. The van der Waals surface area contributed by atoms with Crippen LogP contribution in [0.5, 0.6) is 0 Å². The summed E-state index contributed by atoms with van der Waals surface area (Å²) in [6.07, 6.45) is 1.90. The molecule has 0 bridgehead atoms. The van der Waals surface area contributed by atoms with E-state index in [1.807, 2.05) is 0 Å². The zero-order valence-corrected chi connectivity index (χ0v) is 8.75. The number of ether oxygens (including phenoxy) is 2. The Labute approximate surface area is 85.0 Å². The number of carbonyl (C=O) groups is 1. The number of hydrogen-bond acceptors (Lipinski definition) is 4. The zero-order valence-electron chi connectivity index (χ0n) is 8.75. The van der Waals surface area contributed by atoms with Crippen LogP contribution in [0.3, 0.4) is 0 Å². The second-order valence-corrected chi connectivity index (χ2v) is 3.47. The first kappa shape index (κ1) is 11.5. The van der Waals surface area contributed by atoms with E-state index in [-0.39, 0.29) is 11.9 Å². The van der Waals surface area contributed by atoms with Crippen molar-refractivity contribution < 1.29 is 14.3 Å². The van der Waals surface area contributed by atoms with Crippen LogP contribution in [-0.2, 0) is 14.3 Å². The highest BCUT2D eigenvalue weighted by Crippen LogP contribution is 2.08. The molecule has 0 aromatic carbocycles. The topological polar surface area (TPSA) is 47.6 Å². The first-order chi connectivity index (χ1) is 6.84. The largest absolute Gasteiger partial charge is 0.463 e. The molecular formula is C10H19NO3.